The normalized spacial score (nSPS) is 27.1. The zero-order valence-corrected chi connectivity index (χ0v) is 10.4. The Labute approximate surface area is 107 Å². The summed E-state index contributed by atoms with van der Waals surface area (Å²) in [6.07, 6.45) is 4.78. The van der Waals surface area contributed by atoms with Crippen LogP contribution in [0, 0.1) is 0 Å². The largest absolute Gasteiger partial charge is 0.487 e. The third-order valence-electron chi connectivity index (χ3n) is 3.98. The number of fused-ring (bicyclic) bond motifs is 1. The molecule has 1 saturated carbocycles. The molecule has 0 spiro atoms. The highest BCUT2D eigenvalue weighted by Crippen LogP contribution is 2.33. The fourth-order valence-corrected chi connectivity index (χ4v) is 2.95. The van der Waals surface area contributed by atoms with Gasteiger partial charge in [0.25, 0.3) is 0 Å². The molecule has 0 aliphatic heterocycles. The highest BCUT2D eigenvalue weighted by atomic mass is 16.5. The molecule has 2 atom stereocenters. The first kappa shape index (κ1) is 11.7. The van der Waals surface area contributed by atoms with Crippen molar-refractivity contribution in [2.45, 2.75) is 50.7 Å². The molecule has 1 N–H and O–H groups in total. The summed E-state index contributed by atoms with van der Waals surface area (Å²) in [5.41, 5.74) is 1.83. The van der Waals surface area contributed by atoms with Gasteiger partial charge < -0.3 is 9.84 Å². The number of Topliss-reactive ketones (excluding diaryl/α,β-unsaturated/α-hetero) is 1. The van der Waals surface area contributed by atoms with Crippen molar-refractivity contribution >= 4 is 5.78 Å². The molecule has 18 heavy (non-hydrogen) atoms. The fourth-order valence-electron chi connectivity index (χ4n) is 2.95. The van der Waals surface area contributed by atoms with Crippen molar-refractivity contribution in [1.29, 1.82) is 0 Å². The number of hydrogen-bond donors (Lipinski definition) is 1. The lowest BCUT2D eigenvalue weighted by Gasteiger charge is -2.28. The predicted molar refractivity (Wildman–Crippen MR) is 68.0 cm³/mol. The Hall–Kier alpha value is -1.35. The van der Waals surface area contributed by atoms with Crippen molar-refractivity contribution in [3.05, 3.63) is 29.3 Å². The highest BCUT2D eigenvalue weighted by Gasteiger charge is 2.28. The lowest BCUT2D eigenvalue weighted by Crippen LogP contribution is -2.34. The molecule has 2 unspecified atom stereocenters. The summed E-state index contributed by atoms with van der Waals surface area (Å²) in [4.78, 5) is 11.7. The topological polar surface area (TPSA) is 46.5 Å². The molecule has 0 radical (unpaired) electrons. The first-order chi connectivity index (χ1) is 8.75. The maximum absolute atomic E-state index is 11.7. The molecule has 0 aromatic heterocycles. The summed E-state index contributed by atoms with van der Waals surface area (Å²) in [6.45, 7) is 0. The molecule has 3 nitrogen and oxygen atoms in total. The van der Waals surface area contributed by atoms with E-state index in [1.54, 1.807) is 0 Å². The number of carbonyl (C=O) groups is 1. The average Bonchev–Trinajstić information content (AvgIpc) is 2.76. The molecule has 0 amide bonds. The third kappa shape index (κ3) is 2.03. The van der Waals surface area contributed by atoms with Gasteiger partial charge in [-0.05, 0) is 31.7 Å². The van der Waals surface area contributed by atoms with Gasteiger partial charge in [-0.15, -0.1) is 0 Å². The van der Waals surface area contributed by atoms with Gasteiger partial charge in [-0.25, -0.2) is 0 Å². The molecule has 96 valence electrons. The van der Waals surface area contributed by atoms with Gasteiger partial charge in [0, 0.05) is 17.5 Å². The first-order valence-electron chi connectivity index (χ1n) is 6.75. The quantitative estimate of drug-likeness (QED) is 0.872. The van der Waals surface area contributed by atoms with Crippen LogP contribution in [0.25, 0.3) is 0 Å². The first-order valence-corrected chi connectivity index (χ1v) is 6.75. The van der Waals surface area contributed by atoms with Gasteiger partial charge in [-0.3, -0.25) is 4.79 Å². The smallest absolute Gasteiger partial charge is 0.163 e. The lowest BCUT2D eigenvalue weighted by atomic mass is 9.94. The van der Waals surface area contributed by atoms with E-state index in [1.165, 1.54) is 0 Å². The maximum atomic E-state index is 11.7. The number of hydrogen-bond acceptors (Lipinski definition) is 3. The van der Waals surface area contributed by atoms with Gasteiger partial charge in [-0.1, -0.05) is 18.6 Å². The van der Waals surface area contributed by atoms with Crippen LogP contribution in [0.2, 0.25) is 0 Å². The minimum atomic E-state index is -0.369. The van der Waals surface area contributed by atoms with E-state index in [1.807, 2.05) is 18.2 Å². The van der Waals surface area contributed by atoms with Crippen LogP contribution >= 0.6 is 0 Å². The number of ketones is 1. The Morgan fingerprint density at radius 1 is 1.17 bits per heavy atom. The highest BCUT2D eigenvalue weighted by molar-refractivity contribution is 6.01. The van der Waals surface area contributed by atoms with Gasteiger partial charge in [0.15, 0.2) is 5.78 Å². The number of benzene rings is 1. The van der Waals surface area contributed by atoms with Crippen molar-refractivity contribution in [3.8, 4) is 5.75 Å². The van der Waals surface area contributed by atoms with Crippen LogP contribution < -0.4 is 4.74 Å². The molecule has 3 rings (SSSR count). The van der Waals surface area contributed by atoms with Crippen molar-refractivity contribution in [3.63, 3.8) is 0 Å². The van der Waals surface area contributed by atoms with Gasteiger partial charge in [-0.2, -0.15) is 0 Å². The Morgan fingerprint density at radius 3 is 2.83 bits per heavy atom. The minimum Gasteiger partial charge on any atom is -0.487 e. The summed E-state index contributed by atoms with van der Waals surface area (Å²) in [5, 5.41) is 9.94. The van der Waals surface area contributed by atoms with Crippen LogP contribution in [0.3, 0.4) is 0 Å². The van der Waals surface area contributed by atoms with Crippen LogP contribution in [-0.2, 0) is 6.42 Å². The molecule has 0 heterocycles. The van der Waals surface area contributed by atoms with Gasteiger partial charge in [0.2, 0.25) is 0 Å². The summed E-state index contributed by atoms with van der Waals surface area (Å²) in [5.74, 6) is 1.00. The summed E-state index contributed by atoms with van der Waals surface area (Å²) in [6, 6.07) is 5.65. The Balaban J connectivity index is 1.83. The molecular formula is C15H18O3. The van der Waals surface area contributed by atoms with Crippen LogP contribution in [0.15, 0.2) is 18.2 Å². The Morgan fingerprint density at radius 2 is 2.00 bits per heavy atom. The zero-order chi connectivity index (χ0) is 12.5. The second kappa shape index (κ2) is 4.73. The number of rotatable bonds is 2. The van der Waals surface area contributed by atoms with Gasteiger partial charge >= 0.3 is 0 Å². The van der Waals surface area contributed by atoms with E-state index in [2.05, 4.69) is 0 Å². The predicted octanol–water partition coefficient (Wildman–Crippen LogP) is 2.50. The molecule has 2 aliphatic carbocycles. The van der Waals surface area contributed by atoms with Crippen LogP contribution in [-0.4, -0.2) is 23.1 Å². The number of ether oxygens (including phenoxy) is 1. The number of carbonyl (C=O) groups excluding carboxylic acids is 1. The molecule has 0 bridgehead atoms. The second-order valence-corrected chi connectivity index (χ2v) is 5.21. The van der Waals surface area contributed by atoms with E-state index in [-0.39, 0.29) is 18.0 Å². The second-order valence-electron chi connectivity index (χ2n) is 5.21. The lowest BCUT2D eigenvalue weighted by molar-refractivity contribution is 0.00644. The standard InChI is InChI=1S/C15H18O3/c16-12-9-8-11-10(12)4-3-7-14(11)18-15-6-2-1-5-13(15)17/h3-4,7,13,15,17H,1-2,5-6,8-9H2. The fraction of sp³-hybridized carbons (Fsp3) is 0.533. The van der Waals surface area contributed by atoms with Gasteiger partial charge in [0.1, 0.15) is 11.9 Å². The summed E-state index contributed by atoms with van der Waals surface area (Å²) < 4.78 is 5.96. The molecule has 1 aromatic rings. The Kier molecular flexibility index (Phi) is 3.08. The molecule has 0 saturated heterocycles. The number of aliphatic hydroxyl groups excluding tert-OH is 1. The van der Waals surface area contributed by atoms with Crippen LogP contribution in [0.4, 0.5) is 0 Å². The van der Waals surface area contributed by atoms with Crippen LogP contribution in [0.5, 0.6) is 5.75 Å². The van der Waals surface area contributed by atoms with Crippen LogP contribution in [0.1, 0.15) is 48.0 Å². The van der Waals surface area contributed by atoms with E-state index in [0.717, 1.165) is 49.0 Å². The molecule has 3 heteroatoms. The molecular weight excluding hydrogens is 228 g/mol. The average molecular weight is 246 g/mol. The molecule has 1 aromatic carbocycles. The van der Waals surface area contributed by atoms with E-state index in [9.17, 15) is 9.90 Å². The Bertz CT molecular complexity index is 467. The SMILES string of the molecule is O=C1CCc2c(OC3CCCCC3O)cccc21. The van der Waals surface area contributed by atoms with Crippen molar-refractivity contribution < 1.29 is 14.6 Å². The monoisotopic (exact) mass is 246 g/mol. The van der Waals surface area contributed by atoms with E-state index < -0.39 is 0 Å². The molecule has 1 fully saturated rings. The maximum Gasteiger partial charge on any atom is 0.163 e. The number of aliphatic hydroxyl groups is 1. The summed E-state index contributed by atoms with van der Waals surface area (Å²) >= 11 is 0. The van der Waals surface area contributed by atoms with Crippen molar-refractivity contribution in [2.24, 2.45) is 0 Å². The van der Waals surface area contributed by atoms with E-state index in [4.69, 9.17) is 4.74 Å². The van der Waals surface area contributed by atoms with E-state index >= 15 is 0 Å². The van der Waals surface area contributed by atoms with Crippen molar-refractivity contribution in [1.82, 2.24) is 0 Å². The van der Waals surface area contributed by atoms with Crippen molar-refractivity contribution in [2.75, 3.05) is 0 Å². The van der Waals surface area contributed by atoms with E-state index in [0.29, 0.717) is 6.42 Å². The third-order valence-corrected chi connectivity index (χ3v) is 3.98. The zero-order valence-electron chi connectivity index (χ0n) is 10.4. The minimum absolute atomic E-state index is 0.110. The summed E-state index contributed by atoms with van der Waals surface area (Å²) in [7, 11) is 0. The molecule has 2 aliphatic rings. The van der Waals surface area contributed by atoms with Gasteiger partial charge in [0.05, 0.1) is 6.10 Å².